The Bertz CT molecular complexity index is 749. The first-order chi connectivity index (χ1) is 12.2. The molecular formula is C21H21NO3. The normalized spacial score (nSPS) is 18.1. The standard InChI is InChI=1S/C21H21NO3/c23-20(18-9-5-2-6-10-18)15-19-16-25-14-13-22(19)21(24)12-11-17-7-3-1-4-8-17/h1-10,19-20,23H,13-16H2/t19-,20+/m1/s1. The van der Waals surface area contributed by atoms with Gasteiger partial charge in [-0.25, -0.2) is 0 Å². The van der Waals surface area contributed by atoms with Gasteiger partial charge in [0.1, 0.15) is 0 Å². The Labute approximate surface area is 148 Å². The number of hydrogen-bond acceptors (Lipinski definition) is 3. The van der Waals surface area contributed by atoms with Crippen LogP contribution in [0.15, 0.2) is 60.7 Å². The van der Waals surface area contributed by atoms with Gasteiger partial charge < -0.3 is 14.7 Å². The Hall–Kier alpha value is -2.61. The summed E-state index contributed by atoms with van der Waals surface area (Å²) in [4.78, 5) is 14.2. The van der Waals surface area contributed by atoms with Gasteiger partial charge in [-0.1, -0.05) is 54.5 Å². The largest absolute Gasteiger partial charge is 0.388 e. The van der Waals surface area contributed by atoms with E-state index in [-0.39, 0.29) is 11.9 Å². The Morgan fingerprint density at radius 2 is 1.84 bits per heavy atom. The minimum Gasteiger partial charge on any atom is -0.388 e. The number of aliphatic hydroxyl groups excluding tert-OH is 1. The van der Waals surface area contributed by atoms with E-state index in [4.69, 9.17) is 4.74 Å². The molecule has 3 rings (SSSR count). The summed E-state index contributed by atoms with van der Waals surface area (Å²) in [7, 11) is 0. The van der Waals surface area contributed by atoms with Gasteiger partial charge in [0.2, 0.25) is 0 Å². The Balaban J connectivity index is 1.68. The topological polar surface area (TPSA) is 49.8 Å². The molecular weight excluding hydrogens is 314 g/mol. The maximum atomic E-state index is 12.5. The molecule has 4 nitrogen and oxygen atoms in total. The summed E-state index contributed by atoms with van der Waals surface area (Å²) in [5.74, 6) is 5.39. The molecule has 0 bridgehead atoms. The van der Waals surface area contributed by atoms with Crippen LogP contribution >= 0.6 is 0 Å². The molecule has 0 radical (unpaired) electrons. The molecule has 128 valence electrons. The number of hydrogen-bond donors (Lipinski definition) is 1. The molecule has 1 fully saturated rings. The van der Waals surface area contributed by atoms with Crippen molar-refractivity contribution >= 4 is 5.91 Å². The number of nitrogens with zero attached hydrogens (tertiary/aromatic N) is 1. The van der Waals surface area contributed by atoms with Crippen molar-refractivity contribution < 1.29 is 14.6 Å². The SMILES string of the molecule is O=C(C#Cc1ccccc1)N1CCOC[C@H]1C[C@H](O)c1ccccc1. The molecule has 1 amide bonds. The second kappa shape index (κ2) is 8.48. The average molecular weight is 335 g/mol. The Morgan fingerprint density at radius 1 is 1.16 bits per heavy atom. The minimum absolute atomic E-state index is 0.179. The highest BCUT2D eigenvalue weighted by molar-refractivity contribution is 5.94. The fourth-order valence-electron chi connectivity index (χ4n) is 2.91. The van der Waals surface area contributed by atoms with Gasteiger partial charge in [0.15, 0.2) is 0 Å². The van der Waals surface area contributed by atoms with Gasteiger partial charge in [0, 0.05) is 24.4 Å². The van der Waals surface area contributed by atoms with E-state index in [9.17, 15) is 9.90 Å². The van der Waals surface area contributed by atoms with Crippen LogP contribution in [-0.4, -0.2) is 41.7 Å². The van der Waals surface area contributed by atoms with E-state index in [2.05, 4.69) is 11.8 Å². The summed E-state index contributed by atoms with van der Waals surface area (Å²) in [5.41, 5.74) is 1.65. The van der Waals surface area contributed by atoms with Crippen LogP contribution in [0.25, 0.3) is 0 Å². The van der Waals surface area contributed by atoms with Crippen molar-refractivity contribution in [2.75, 3.05) is 19.8 Å². The van der Waals surface area contributed by atoms with Gasteiger partial charge in [-0.15, -0.1) is 0 Å². The molecule has 0 saturated carbocycles. The van der Waals surface area contributed by atoms with E-state index in [0.717, 1.165) is 11.1 Å². The zero-order chi connectivity index (χ0) is 17.5. The lowest BCUT2D eigenvalue weighted by Crippen LogP contribution is -2.48. The molecule has 0 unspecified atom stereocenters. The molecule has 0 spiro atoms. The van der Waals surface area contributed by atoms with Crippen molar-refractivity contribution in [3.05, 3.63) is 71.8 Å². The molecule has 25 heavy (non-hydrogen) atoms. The lowest BCUT2D eigenvalue weighted by molar-refractivity contribution is -0.134. The van der Waals surface area contributed by atoms with E-state index >= 15 is 0 Å². The van der Waals surface area contributed by atoms with Crippen LogP contribution in [0.3, 0.4) is 0 Å². The molecule has 1 aliphatic rings. The van der Waals surface area contributed by atoms with Gasteiger partial charge >= 0.3 is 0 Å². The third-order valence-corrected chi connectivity index (χ3v) is 4.26. The van der Waals surface area contributed by atoms with Crippen LogP contribution in [0.2, 0.25) is 0 Å². The average Bonchev–Trinajstić information content (AvgIpc) is 2.68. The van der Waals surface area contributed by atoms with E-state index in [1.807, 2.05) is 60.7 Å². The fourth-order valence-corrected chi connectivity index (χ4v) is 2.91. The van der Waals surface area contributed by atoms with Gasteiger partial charge in [0.25, 0.3) is 5.91 Å². The van der Waals surface area contributed by atoms with Crippen molar-refractivity contribution in [2.24, 2.45) is 0 Å². The first-order valence-corrected chi connectivity index (χ1v) is 8.42. The smallest absolute Gasteiger partial charge is 0.299 e. The number of carbonyl (C=O) groups excluding carboxylic acids is 1. The van der Waals surface area contributed by atoms with E-state index in [0.29, 0.717) is 26.2 Å². The molecule has 4 heteroatoms. The highest BCUT2D eigenvalue weighted by Gasteiger charge is 2.28. The maximum absolute atomic E-state index is 12.5. The molecule has 0 aromatic heterocycles. The van der Waals surface area contributed by atoms with Crippen LogP contribution in [0.5, 0.6) is 0 Å². The molecule has 1 aliphatic heterocycles. The van der Waals surface area contributed by atoms with E-state index < -0.39 is 6.10 Å². The summed E-state index contributed by atoms with van der Waals surface area (Å²) in [6.45, 7) is 1.41. The third kappa shape index (κ3) is 4.69. The van der Waals surface area contributed by atoms with E-state index in [1.165, 1.54) is 0 Å². The quantitative estimate of drug-likeness (QED) is 0.876. The predicted octanol–water partition coefficient (Wildman–Crippen LogP) is 2.39. The molecule has 2 atom stereocenters. The lowest BCUT2D eigenvalue weighted by atomic mass is 10.0. The number of ether oxygens (including phenoxy) is 1. The van der Waals surface area contributed by atoms with E-state index in [1.54, 1.807) is 4.90 Å². The summed E-state index contributed by atoms with van der Waals surface area (Å²) in [5, 5.41) is 10.5. The second-order valence-corrected chi connectivity index (χ2v) is 6.01. The number of aliphatic hydroxyl groups is 1. The van der Waals surface area contributed by atoms with Crippen LogP contribution in [0, 0.1) is 11.8 Å². The third-order valence-electron chi connectivity index (χ3n) is 4.26. The maximum Gasteiger partial charge on any atom is 0.299 e. The Morgan fingerprint density at radius 3 is 2.56 bits per heavy atom. The Kier molecular flexibility index (Phi) is 5.84. The van der Waals surface area contributed by atoms with Gasteiger partial charge in [0.05, 0.1) is 25.4 Å². The van der Waals surface area contributed by atoms with Crippen LogP contribution in [0.1, 0.15) is 23.7 Å². The number of rotatable bonds is 3. The first-order valence-electron chi connectivity index (χ1n) is 8.42. The molecule has 1 N–H and O–H groups in total. The van der Waals surface area contributed by atoms with Crippen molar-refractivity contribution in [1.29, 1.82) is 0 Å². The van der Waals surface area contributed by atoms with Crippen LogP contribution in [-0.2, 0) is 9.53 Å². The number of amides is 1. The van der Waals surface area contributed by atoms with Crippen molar-refractivity contribution in [3.63, 3.8) is 0 Å². The fraction of sp³-hybridized carbons (Fsp3) is 0.286. The van der Waals surface area contributed by atoms with Crippen molar-refractivity contribution in [3.8, 4) is 11.8 Å². The van der Waals surface area contributed by atoms with Crippen LogP contribution < -0.4 is 0 Å². The summed E-state index contributed by atoms with van der Waals surface area (Å²) < 4.78 is 5.51. The molecule has 2 aromatic carbocycles. The van der Waals surface area contributed by atoms with Gasteiger partial charge in [-0.2, -0.15) is 0 Å². The predicted molar refractivity (Wildman–Crippen MR) is 95.7 cm³/mol. The molecule has 1 saturated heterocycles. The second-order valence-electron chi connectivity index (χ2n) is 6.01. The number of morpholine rings is 1. The van der Waals surface area contributed by atoms with Crippen molar-refractivity contribution in [2.45, 2.75) is 18.6 Å². The summed E-state index contributed by atoms with van der Waals surface area (Å²) in [6, 6.07) is 18.7. The summed E-state index contributed by atoms with van der Waals surface area (Å²) in [6.07, 6.45) is -0.201. The lowest BCUT2D eigenvalue weighted by Gasteiger charge is -2.35. The van der Waals surface area contributed by atoms with Crippen molar-refractivity contribution in [1.82, 2.24) is 4.90 Å². The molecule has 1 heterocycles. The summed E-state index contributed by atoms with van der Waals surface area (Å²) >= 11 is 0. The molecule has 2 aromatic rings. The highest BCUT2D eigenvalue weighted by Crippen LogP contribution is 2.22. The van der Waals surface area contributed by atoms with Gasteiger partial charge in [-0.3, -0.25) is 4.79 Å². The van der Waals surface area contributed by atoms with Crippen LogP contribution in [0.4, 0.5) is 0 Å². The number of benzene rings is 2. The minimum atomic E-state index is -0.634. The monoisotopic (exact) mass is 335 g/mol. The molecule has 0 aliphatic carbocycles. The zero-order valence-corrected chi connectivity index (χ0v) is 14.0. The van der Waals surface area contributed by atoms with Gasteiger partial charge in [-0.05, 0) is 17.7 Å². The first kappa shape index (κ1) is 17.2. The number of carbonyl (C=O) groups is 1. The zero-order valence-electron chi connectivity index (χ0n) is 14.0. The highest BCUT2D eigenvalue weighted by atomic mass is 16.5.